The van der Waals surface area contributed by atoms with Gasteiger partial charge in [0.1, 0.15) is 0 Å². The highest BCUT2D eigenvalue weighted by molar-refractivity contribution is 9.10. The van der Waals surface area contributed by atoms with Gasteiger partial charge in [-0.25, -0.2) is 12.7 Å². The Labute approximate surface area is 133 Å². The average Bonchev–Trinajstić information content (AvgIpc) is 2.91. The maximum absolute atomic E-state index is 12.6. The number of nitrogens with zero attached hydrogens (tertiary/aromatic N) is 1. The van der Waals surface area contributed by atoms with Crippen LogP contribution in [0.1, 0.15) is 24.8 Å². The molecule has 0 spiro atoms. The van der Waals surface area contributed by atoms with Crippen molar-refractivity contribution in [3.8, 4) is 0 Å². The van der Waals surface area contributed by atoms with Gasteiger partial charge in [0.2, 0.25) is 10.0 Å². The third kappa shape index (κ3) is 3.46. The second-order valence-corrected chi connectivity index (χ2v) is 8.42. The van der Waals surface area contributed by atoms with Gasteiger partial charge < -0.3 is 5.11 Å². The van der Waals surface area contributed by atoms with Crippen LogP contribution in [0.4, 0.5) is 0 Å². The van der Waals surface area contributed by atoms with Gasteiger partial charge in [-0.05, 0) is 24.5 Å². The monoisotopic (exact) mass is 375 g/mol. The fraction of sp³-hybridized carbons (Fsp3) is 0.500. The zero-order valence-electron chi connectivity index (χ0n) is 11.7. The summed E-state index contributed by atoms with van der Waals surface area (Å²) >= 11 is 3.39. The molecule has 5 nitrogen and oxygen atoms in total. The zero-order valence-corrected chi connectivity index (χ0v) is 14.1. The Morgan fingerprint density at radius 2 is 2.05 bits per heavy atom. The lowest BCUT2D eigenvalue weighted by molar-refractivity contribution is -0.141. The number of aliphatic carboxylic acids is 1. The van der Waals surface area contributed by atoms with Crippen molar-refractivity contribution >= 4 is 31.9 Å². The minimum absolute atomic E-state index is 0.229. The first-order valence-electron chi connectivity index (χ1n) is 6.75. The third-order valence-corrected chi connectivity index (χ3v) is 7.04. The maximum atomic E-state index is 12.6. The Morgan fingerprint density at radius 1 is 1.38 bits per heavy atom. The molecule has 0 aliphatic heterocycles. The number of benzene rings is 1. The van der Waals surface area contributed by atoms with Crippen LogP contribution in [0.3, 0.4) is 0 Å². The first-order chi connectivity index (χ1) is 9.84. The molecule has 1 fully saturated rings. The van der Waals surface area contributed by atoms with E-state index in [1.165, 1.54) is 11.4 Å². The summed E-state index contributed by atoms with van der Waals surface area (Å²) in [7, 11) is -2.11. The predicted molar refractivity (Wildman–Crippen MR) is 83.3 cm³/mol. The van der Waals surface area contributed by atoms with Crippen molar-refractivity contribution in [2.75, 3.05) is 7.05 Å². The average molecular weight is 376 g/mol. The summed E-state index contributed by atoms with van der Waals surface area (Å²) < 4.78 is 27.3. The number of hydrogen-bond donors (Lipinski definition) is 1. The molecule has 0 saturated heterocycles. The molecule has 21 heavy (non-hydrogen) atoms. The van der Waals surface area contributed by atoms with Crippen molar-refractivity contribution < 1.29 is 18.3 Å². The minimum atomic E-state index is -3.62. The third-order valence-electron chi connectivity index (χ3n) is 3.94. The maximum Gasteiger partial charge on any atom is 0.307 e. The highest BCUT2D eigenvalue weighted by Gasteiger charge is 2.43. The van der Waals surface area contributed by atoms with Crippen molar-refractivity contribution in [3.05, 3.63) is 34.3 Å². The number of sulfonamides is 1. The van der Waals surface area contributed by atoms with Crippen LogP contribution in [0.25, 0.3) is 0 Å². The zero-order chi connectivity index (χ0) is 15.6. The van der Waals surface area contributed by atoms with Gasteiger partial charge in [-0.2, -0.15) is 0 Å². The van der Waals surface area contributed by atoms with E-state index in [0.29, 0.717) is 19.3 Å². The second kappa shape index (κ2) is 6.46. The number of carboxylic acid groups (broad SMARTS) is 1. The Kier molecular flexibility index (Phi) is 5.06. The largest absolute Gasteiger partial charge is 0.481 e. The molecule has 0 bridgehead atoms. The first-order valence-corrected chi connectivity index (χ1v) is 9.05. The number of rotatable bonds is 5. The summed E-state index contributed by atoms with van der Waals surface area (Å²) in [6.07, 6.45) is 1.49. The Hall–Kier alpha value is -0.920. The van der Waals surface area contributed by atoms with Gasteiger partial charge in [-0.1, -0.05) is 40.5 Å². The molecule has 0 radical (unpaired) electrons. The lowest BCUT2D eigenvalue weighted by Crippen LogP contribution is -2.40. The van der Waals surface area contributed by atoms with Gasteiger partial charge in [-0.15, -0.1) is 0 Å². The normalized spacial score (nSPS) is 22.6. The van der Waals surface area contributed by atoms with E-state index in [-0.39, 0.29) is 6.54 Å². The lowest BCUT2D eigenvalue weighted by Gasteiger charge is -2.24. The number of carbonyl (C=O) groups is 1. The van der Waals surface area contributed by atoms with Gasteiger partial charge in [0.05, 0.1) is 11.2 Å². The van der Waals surface area contributed by atoms with Crippen LogP contribution >= 0.6 is 15.9 Å². The molecule has 2 unspecified atom stereocenters. The van der Waals surface area contributed by atoms with E-state index in [0.717, 1.165) is 10.0 Å². The van der Waals surface area contributed by atoms with E-state index in [4.69, 9.17) is 0 Å². The quantitative estimate of drug-likeness (QED) is 0.857. The van der Waals surface area contributed by atoms with E-state index in [1.54, 1.807) is 0 Å². The fourth-order valence-corrected chi connectivity index (χ4v) is 5.08. The van der Waals surface area contributed by atoms with Crippen LogP contribution < -0.4 is 0 Å². The smallest absolute Gasteiger partial charge is 0.307 e. The highest BCUT2D eigenvalue weighted by Crippen LogP contribution is 2.33. The van der Waals surface area contributed by atoms with Crippen molar-refractivity contribution in [2.45, 2.75) is 31.1 Å². The van der Waals surface area contributed by atoms with Crippen molar-refractivity contribution in [2.24, 2.45) is 5.92 Å². The van der Waals surface area contributed by atoms with Crippen molar-refractivity contribution in [1.82, 2.24) is 4.31 Å². The van der Waals surface area contributed by atoms with E-state index >= 15 is 0 Å². The molecule has 2 rings (SSSR count). The molecule has 1 aliphatic carbocycles. The van der Waals surface area contributed by atoms with Gasteiger partial charge in [0, 0.05) is 18.1 Å². The Morgan fingerprint density at radius 3 is 2.67 bits per heavy atom. The summed E-state index contributed by atoms with van der Waals surface area (Å²) in [5.41, 5.74) is 0.855. The summed E-state index contributed by atoms with van der Waals surface area (Å²) in [5.74, 6) is -1.81. The molecule has 1 N–H and O–H groups in total. The number of carboxylic acids is 1. The molecule has 1 aromatic carbocycles. The summed E-state index contributed by atoms with van der Waals surface area (Å²) in [5, 5.41) is 8.36. The highest BCUT2D eigenvalue weighted by atomic mass is 79.9. The first kappa shape index (κ1) is 16.5. The lowest BCUT2D eigenvalue weighted by atomic mass is 10.1. The summed E-state index contributed by atoms with van der Waals surface area (Å²) in [4.78, 5) is 11.2. The van der Waals surface area contributed by atoms with Crippen LogP contribution in [0.2, 0.25) is 0 Å². The van der Waals surface area contributed by atoms with E-state index in [9.17, 15) is 18.3 Å². The molecule has 1 aliphatic rings. The van der Waals surface area contributed by atoms with Crippen LogP contribution in [-0.4, -0.2) is 36.1 Å². The number of halogens is 1. The second-order valence-electron chi connectivity index (χ2n) is 5.31. The van der Waals surface area contributed by atoms with Crippen molar-refractivity contribution in [1.29, 1.82) is 0 Å². The van der Waals surface area contributed by atoms with Crippen LogP contribution in [0, 0.1) is 5.92 Å². The van der Waals surface area contributed by atoms with E-state index < -0.39 is 27.2 Å². The van der Waals surface area contributed by atoms with E-state index in [1.807, 2.05) is 24.3 Å². The molecule has 0 amide bonds. The minimum Gasteiger partial charge on any atom is -0.481 e. The van der Waals surface area contributed by atoms with Crippen LogP contribution in [0.5, 0.6) is 0 Å². The van der Waals surface area contributed by atoms with E-state index in [2.05, 4.69) is 15.9 Å². The van der Waals surface area contributed by atoms with Gasteiger partial charge >= 0.3 is 5.97 Å². The molecule has 7 heteroatoms. The van der Waals surface area contributed by atoms with Gasteiger partial charge in [-0.3, -0.25) is 4.79 Å². The van der Waals surface area contributed by atoms with Crippen molar-refractivity contribution in [3.63, 3.8) is 0 Å². The molecule has 116 valence electrons. The molecular formula is C14H18BrNO4S. The number of hydrogen-bond acceptors (Lipinski definition) is 3. The summed E-state index contributed by atoms with van der Waals surface area (Å²) in [6, 6.07) is 7.40. The molecular weight excluding hydrogens is 358 g/mol. The fourth-order valence-electron chi connectivity index (χ4n) is 2.75. The molecule has 1 saturated carbocycles. The van der Waals surface area contributed by atoms with Gasteiger partial charge in [0.15, 0.2) is 0 Å². The Bertz CT molecular complexity index is 632. The Balaban J connectivity index is 2.19. The standard InChI is InChI=1S/C14H18BrNO4S/c1-16(9-10-5-2-3-7-12(10)15)21(19,20)13-8-4-6-11(13)14(17)18/h2-3,5,7,11,13H,4,6,8-9H2,1H3,(H,17,18). The summed E-state index contributed by atoms with van der Waals surface area (Å²) in [6.45, 7) is 0.229. The molecule has 1 aromatic rings. The topological polar surface area (TPSA) is 74.7 Å². The predicted octanol–water partition coefficient (Wildman–Crippen LogP) is 2.46. The SMILES string of the molecule is CN(Cc1ccccc1Br)S(=O)(=O)C1CCCC1C(=O)O. The molecule has 0 aromatic heterocycles. The van der Waals surface area contributed by atoms with Crippen LogP contribution in [0.15, 0.2) is 28.7 Å². The van der Waals surface area contributed by atoms with Gasteiger partial charge in [0.25, 0.3) is 0 Å². The molecule has 0 heterocycles. The van der Waals surface area contributed by atoms with Crippen LogP contribution in [-0.2, 0) is 21.4 Å². The molecule has 2 atom stereocenters.